The van der Waals surface area contributed by atoms with Crippen molar-refractivity contribution in [3.8, 4) is 0 Å². The molecule has 0 bridgehead atoms. The van der Waals surface area contributed by atoms with Gasteiger partial charge in [-0.3, -0.25) is 0 Å². The molecule has 0 aliphatic rings. The van der Waals surface area contributed by atoms with Gasteiger partial charge in [-0.2, -0.15) is 13.2 Å². The van der Waals surface area contributed by atoms with Crippen LogP contribution in [-0.4, -0.2) is 18.8 Å². The van der Waals surface area contributed by atoms with Gasteiger partial charge in [0, 0.05) is 0 Å². The minimum Gasteiger partial charge on any atom is -0.452 e. The van der Waals surface area contributed by atoms with Crippen molar-refractivity contribution in [3.63, 3.8) is 0 Å². The molecule has 0 N–H and O–H groups in total. The van der Waals surface area contributed by atoms with E-state index in [1.807, 2.05) is 6.92 Å². The maximum atomic E-state index is 11.7. The van der Waals surface area contributed by atoms with Gasteiger partial charge in [0.25, 0.3) is 0 Å². The first-order chi connectivity index (χ1) is 6.88. The van der Waals surface area contributed by atoms with Crippen molar-refractivity contribution in [2.45, 2.75) is 13.1 Å². The van der Waals surface area contributed by atoms with Crippen LogP contribution >= 0.6 is 0 Å². The molecule has 1 aromatic rings. The van der Waals surface area contributed by atoms with Crippen molar-refractivity contribution in [2.24, 2.45) is 0 Å². The highest BCUT2D eigenvalue weighted by Crippen LogP contribution is 2.15. The molecule has 0 spiro atoms. The molecular formula is C10H9F3O2. The summed E-state index contributed by atoms with van der Waals surface area (Å²) < 4.78 is 39.2. The van der Waals surface area contributed by atoms with Gasteiger partial charge in [0.2, 0.25) is 0 Å². The van der Waals surface area contributed by atoms with Crippen LogP contribution in [0.1, 0.15) is 15.9 Å². The largest absolute Gasteiger partial charge is 0.452 e. The van der Waals surface area contributed by atoms with Gasteiger partial charge in [-0.15, -0.1) is 0 Å². The zero-order valence-electron chi connectivity index (χ0n) is 7.97. The first-order valence-corrected chi connectivity index (χ1v) is 4.19. The van der Waals surface area contributed by atoms with Gasteiger partial charge in [0.15, 0.2) is 6.61 Å². The highest BCUT2D eigenvalue weighted by Gasteiger charge is 2.29. The van der Waals surface area contributed by atoms with Crippen molar-refractivity contribution in [1.29, 1.82) is 0 Å². The van der Waals surface area contributed by atoms with Crippen molar-refractivity contribution in [1.82, 2.24) is 0 Å². The van der Waals surface area contributed by atoms with Gasteiger partial charge in [-0.05, 0) is 19.1 Å². The van der Waals surface area contributed by atoms with E-state index in [1.165, 1.54) is 12.1 Å². The molecule has 0 atom stereocenters. The number of halogens is 3. The summed E-state index contributed by atoms with van der Waals surface area (Å²) in [7, 11) is 0. The molecule has 1 aromatic carbocycles. The molecule has 0 saturated carbocycles. The number of hydrogen-bond donors (Lipinski definition) is 0. The number of alkyl halides is 3. The van der Waals surface area contributed by atoms with E-state index in [2.05, 4.69) is 4.74 Å². The predicted molar refractivity (Wildman–Crippen MR) is 47.5 cm³/mol. The van der Waals surface area contributed by atoms with Crippen LogP contribution in [0.4, 0.5) is 13.2 Å². The monoisotopic (exact) mass is 218 g/mol. The first-order valence-electron chi connectivity index (χ1n) is 4.19. The Morgan fingerprint density at radius 2 is 1.80 bits per heavy atom. The maximum absolute atomic E-state index is 11.7. The minimum atomic E-state index is -4.49. The third kappa shape index (κ3) is 4.01. The first kappa shape index (κ1) is 11.6. The predicted octanol–water partition coefficient (Wildman–Crippen LogP) is 2.71. The number of ether oxygens (including phenoxy) is 1. The van der Waals surface area contributed by atoms with Crippen LogP contribution in [0.3, 0.4) is 0 Å². The van der Waals surface area contributed by atoms with Crippen molar-refractivity contribution in [2.75, 3.05) is 6.61 Å². The number of carbonyl (C=O) groups excluding carboxylic acids is 1. The Balaban J connectivity index is 2.58. The fraction of sp³-hybridized carbons (Fsp3) is 0.300. The molecule has 15 heavy (non-hydrogen) atoms. The van der Waals surface area contributed by atoms with Gasteiger partial charge >= 0.3 is 12.1 Å². The average Bonchev–Trinajstić information content (AvgIpc) is 2.14. The SMILES string of the molecule is Cc1ccc(C(=O)OCC(F)(F)F)cc1. The summed E-state index contributed by atoms with van der Waals surface area (Å²) in [6, 6.07) is 6.11. The van der Waals surface area contributed by atoms with Gasteiger partial charge in [0.05, 0.1) is 5.56 Å². The molecule has 5 heteroatoms. The lowest BCUT2D eigenvalue weighted by molar-refractivity contribution is -0.161. The Morgan fingerprint density at radius 1 is 1.27 bits per heavy atom. The van der Waals surface area contributed by atoms with Crippen LogP contribution in [-0.2, 0) is 4.74 Å². The average molecular weight is 218 g/mol. The highest BCUT2D eigenvalue weighted by molar-refractivity contribution is 5.89. The van der Waals surface area contributed by atoms with Crippen LogP contribution < -0.4 is 0 Å². The van der Waals surface area contributed by atoms with Crippen LogP contribution in [0.25, 0.3) is 0 Å². The number of benzene rings is 1. The summed E-state index contributed by atoms with van der Waals surface area (Å²) >= 11 is 0. The normalized spacial score (nSPS) is 11.2. The van der Waals surface area contributed by atoms with Crippen molar-refractivity contribution in [3.05, 3.63) is 35.4 Å². The molecule has 0 aliphatic carbocycles. The maximum Gasteiger partial charge on any atom is 0.422 e. The number of hydrogen-bond acceptors (Lipinski definition) is 2. The second kappa shape index (κ2) is 4.33. The fourth-order valence-corrected chi connectivity index (χ4v) is 0.920. The van der Waals surface area contributed by atoms with Crippen LogP contribution in [0.5, 0.6) is 0 Å². The van der Waals surface area contributed by atoms with E-state index in [0.717, 1.165) is 5.56 Å². The fourth-order valence-electron chi connectivity index (χ4n) is 0.920. The number of rotatable bonds is 2. The molecule has 0 heterocycles. The molecule has 0 radical (unpaired) electrons. The standard InChI is InChI=1S/C10H9F3O2/c1-7-2-4-8(5-3-7)9(14)15-6-10(11,12)13/h2-5H,6H2,1H3. The summed E-state index contributed by atoms with van der Waals surface area (Å²) in [4.78, 5) is 11.1. The highest BCUT2D eigenvalue weighted by atomic mass is 19.4. The van der Waals surface area contributed by atoms with Crippen LogP contribution in [0.2, 0.25) is 0 Å². The molecule has 0 amide bonds. The summed E-state index contributed by atoms with van der Waals surface area (Å²) in [5.41, 5.74) is 1.03. The van der Waals surface area contributed by atoms with Gasteiger partial charge in [0.1, 0.15) is 0 Å². The van der Waals surface area contributed by atoms with Gasteiger partial charge in [-0.25, -0.2) is 4.79 Å². The lowest BCUT2D eigenvalue weighted by atomic mass is 10.1. The summed E-state index contributed by atoms with van der Waals surface area (Å²) in [5, 5.41) is 0. The lowest BCUT2D eigenvalue weighted by Gasteiger charge is -2.07. The number of carbonyl (C=O) groups is 1. The molecule has 2 nitrogen and oxygen atoms in total. The van der Waals surface area contributed by atoms with E-state index in [4.69, 9.17) is 0 Å². The van der Waals surface area contributed by atoms with E-state index in [-0.39, 0.29) is 5.56 Å². The van der Waals surface area contributed by atoms with E-state index >= 15 is 0 Å². The minimum absolute atomic E-state index is 0.116. The second-order valence-electron chi connectivity index (χ2n) is 3.06. The van der Waals surface area contributed by atoms with Gasteiger partial charge in [-0.1, -0.05) is 17.7 Å². The Kier molecular flexibility index (Phi) is 3.34. The number of esters is 1. The van der Waals surface area contributed by atoms with Gasteiger partial charge < -0.3 is 4.74 Å². The Labute approximate surface area is 84.7 Å². The topological polar surface area (TPSA) is 26.3 Å². The molecule has 0 aromatic heterocycles. The molecule has 82 valence electrons. The molecule has 0 unspecified atom stereocenters. The Hall–Kier alpha value is -1.52. The van der Waals surface area contributed by atoms with E-state index < -0.39 is 18.8 Å². The van der Waals surface area contributed by atoms with Crippen molar-refractivity contribution >= 4 is 5.97 Å². The quantitative estimate of drug-likeness (QED) is 0.713. The number of aryl methyl sites for hydroxylation is 1. The van der Waals surface area contributed by atoms with E-state index in [0.29, 0.717) is 0 Å². The smallest absolute Gasteiger partial charge is 0.422 e. The van der Waals surface area contributed by atoms with Crippen molar-refractivity contribution < 1.29 is 22.7 Å². The Bertz CT molecular complexity index is 341. The Morgan fingerprint density at radius 3 is 2.27 bits per heavy atom. The summed E-state index contributed by atoms with van der Waals surface area (Å²) in [6.45, 7) is 0.255. The van der Waals surface area contributed by atoms with E-state index in [9.17, 15) is 18.0 Å². The van der Waals surface area contributed by atoms with Crippen LogP contribution in [0.15, 0.2) is 24.3 Å². The van der Waals surface area contributed by atoms with E-state index in [1.54, 1.807) is 12.1 Å². The zero-order valence-corrected chi connectivity index (χ0v) is 7.97. The second-order valence-corrected chi connectivity index (χ2v) is 3.06. The van der Waals surface area contributed by atoms with Crippen LogP contribution in [0, 0.1) is 6.92 Å². The molecular weight excluding hydrogens is 209 g/mol. The molecule has 1 rings (SSSR count). The summed E-state index contributed by atoms with van der Waals surface area (Å²) in [5.74, 6) is -0.965. The summed E-state index contributed by atoms with van der Waals surface area (Å²) in [6.07, 6.45) is -4.49. The zero-order chi connectivity index (χ0) is 11.5. The molecule has 0 aliphatic heterocycles. The molecule has 0 fully saturated rings. The lowest BCUT2D eigenvalue weighted by Crippen LogP contribution is -2.20. The molecule has 0 saturated heterocycles. The third-order valence-corrected chi connectivity index (χ3v) is 1.65. The third-order valence-electron chi connectivity index (χ3n) is 1.65.